The van der Waals surface area contributed by atoms with Gasteiger partial charge in [0, 0.05) is 60.1 Å². The number of halogens is 1. The summed E-state index contributed by atoms with van der Waals surface area (Å²) in [6.07, 6.45) is 1.89. The van der Waals surface area contributed by atoms with Gasteiger partial charge >= 0.3 is 0 Å². The van der Waals surface area contributed by atoms with E-state index in [4.69, 9.17) is 21.3 Å². The Morgan fingerprint density at radius 3 is 2.27 bits per heavy atom. The summed E-state index contributed by atoms with van der Waals surface area (Å²) in [5.74, 6) is 5.55. The van der Waals surface area contributed by atoms with E-state index in [-0.39, 0.29) is 53.2 Å². The van der Waals surface area contributed by atoms with Crippen LogP contribution in [0.2, 0.25) is 5.02 Å². The molecule has 4 fully saturated rings. The molecule has 5 aliphatic heterocycles. The molecule has 2 aromatic carbocycles. The zero-order valence-electron chi connectivity index (χ0n) is 33.4. The molecule has 59 heavy (non-hydrogen) atoms. The van der Waals surface area contributed by atoms with Crippen LogP contribution in [0, 0.1) is 39.9 Å². The van der Waals surface area contributed by atoms with Gasteiger partial charge in [-0.15, -0.1) is 0 Å². The second kappa shape index (κ2) is 14.2. The van der Waals surface area contributed by atoms with Crippen LogP contribution in [0.5, 0.6) is 5.75 Å². The van der Waals surface area contributed by atoms with Gasteiger partial charge in [0.1, 0.15) is 29.7 Å². The van der Waals surface area contributed by atoms with Crippen LogP contribution in [-0.2, 0) is 16.1 Å². The lowest BCUT2D eigenvalue weighted by atomic mass is 9.49. The molecule has 1 aromatic heterocycles. The standard InChI is InChI=1S/C45H44ClN7O6/c1-44(2)42(45(3,4)43(44)59-30-10-6-26(21-47)34(46)20-30)52-24-35-32(39(52)56)11-8-27(48-35)7-5-25-15-17-50(18-16-25)29-22-51(23-29)28-9-12-31-33(19-28)41(58)53(40(31)57)36-13-14-37(54)49-38(36)55/h6,8-12,19-20,25,29,36,42-43H,13-18,22-24H2,1-4H3,(H,49,54,55). The number of pyridine rings is 1. The first-order valence-electron chi connectivity index (χ1n) is 20.2. The highest BCUT2D eigenvalue weighted by atomic mass is 35.5. The fourth-order valence-corrected chi connectivity index (χ4v) is 10.8. The number of carbonyl (C=O) groups is 5. The van der Waals surface area contributed by atoms with Crippen molar-refractivity contribution >= 4 is 46.8 Å². The Morgan fingerprint density at radius 1 is 0.864 bits per heavy atom. The number of fused-ring (bicyclic) bond motifs is 2. The lowest BCUT2D eigenvalue weighted by Gasteiger charge is -2.65. The summed E-state index contributed by atoms with van der Waals surface area (Å²) in [7, 11) is 0. The number of nitriles is 1. The second-order valence-corrected chi connectivity index (χ2v) is 18.1. The number of anilines is 1. The minimum absolute atomic E-state index is 0.0313. The minimum atomic E-state index is -0.983. The number of benzene rings is 2. The monoisotopic (exact) mass is 813 g/mol. The van der Waals surface area contributed by atoms with E-state index >= 15 is 0 Å². The highest BCUT2D eigenvalue weighted by molar-refractivity contribution is 6.31. The Hall–Kier alpha value is -5.76. The summed E-state index contributed by atoms with van der Waals surface area (Å²) in [5, 5.41) is 11.8. The smallest absolute Gasteiger partial charge is 0.262 e. The number of hydrogen-bond acceptors (Lipinski definition) is 10. The number of imide groups is 2. The molecule has 1 saturated carbocycles. The number of rotatable bonds is 6. The molecular weight excluding hydrogens is 770 g/mol. The number of likely N-dealkylation sites (tertiary alicyclic amines) is 1. The van der Waals surface area contributed by atoms with E-state index in [1.54, 1.807) is 30.3 Å². The molecule has 302 valence electrons. The highest BCUT2D eigenvalue weighted by Crippen LogP contribution is 2.59. The molecular formula is C45H44ClN7O6. The van der Waals surface area contributed by atoms with Crippen LogP contribution in [-0.4, -0.2) is 99.6 Å². The number of piperidine rings is 2. The maximum absolute atomic E-state index is 13.8. The molecule has 3 saturated heterocycles. The molecule has 5 amide bonds. The molecule has 1 atom stereocenters. The molecule has 6 heterocycles. The van der Waals surface area contributed by atoms with Crippen LogP contribution in [0.15, 0.2) is 48.5 Å². The van der Waals surface area contributed by atoms with Gasteiger partial charge in [-0.25, -0.2) is 4.98 Å². The third-order valence-corrected chi connectivity index (χ3v) is 13.6. The normalized spacial score (nSPS) is 25.1. The van der Waals surface area contributed by atoms with Crippen molar-refractivity contribution in [3.05, 3.63) is 87.2 Å². The molecule has 9 rings (SSSR count). The van der Waals surface area contributed by atoms with Crippen molar-refractivity contribution in [1.82, 2.24) is 25.0 Å². The minimum Gasteiger partial charge on any atom is -0.489 e. The van der Waals surface area contributed by atoms with Gasteiger partial charge in [-0.05, 0) is 80.7 Å². The number of hydrogen-bond donors (Lipinski definition) is 1. The molecule has 0 spiro atoms. The van der Waals surface area contributed by atoms with Crippen LogP contribution in [0.25, 0.3) is 0 Å². The third kappa shape index (κ3) is 6.43. The topological polar surface area (TPSA) is 156 Å². The summed E-state index contributed by atoms with van der Waals surface area (Å²) in [6.45, 7) is 12.3. The van der Waals surface area contributed by atoms with Gasteiger partial charge in [-0.2, -0.15) is 5.26 Å². The zero-order chi connectivity index (χ0) is 41.5. The Morgan fingerprint density at radius 2 is 1.58 bits per heavy atom. The van der Waals surface area contributed by atoms with E-state index in [1.807, 2.05) is 23.1 Å². The number of aromatic nitrogens is 1. The summed E-state index contributed by atoms with van der Waals surface area (Å²) < 4.78 is 6.46. The Balaban J connectivity index is 0.777. The Kier molecular flexibility index (Phi) is 9.33. The van der Waals surface area contributed by atoms with E-state index in [9.17, 15) is 29.2 Å². The maximum Gasteiger partial charge on any atom is 0.262 e. The fourth-order valence-electron chi connectivity index (χ4n) is 10.6. The highest BCUT2D eigenvalue weighted by Gasteiger charge is 2.67. The summed E-state index contributed by atoms with van der Waals surface area (Å²) in [5.41, 5.74) is 3.11. The molecule has 1 unspecified atom stereocenters. The first-order chi connectivity index (χ1) is 28.1. The number of amides is 5. The summed E-state index contributed by atoms with van der Waals surface area (Å²) in [6, 6.07) is 15.4. The van der Waals surface area contributed by atoms with E-state index in [1.165, 1.54) is 0 Å². The van der Waals surface area contributed by atoms with Crippen LogP contribution >= 0.6 is 11.6 Å². The summed E-state index contributed by atoms with van der Waals surface area (Å²) in [4.78, 5) is 76.7. The molecule has 1 aliphatic carbocycles. The lowest BCUT2D eigenvalue weighted by Crippen LogP contribution is -2.74. The van der Waals surface area contributed by atoms with Gasteiger partial charge in [0.15, 0.2) is 0 Å². The molecule has 0 radical (unpaired) electrons. The van der Waals surface area contributed by atoms with Gasteiger partial charge in [0.05, 0.1) is 39.5 Å². The fraction of sp³-hybridized carbons (Fsp3) is 0.444. The van der Waals surface area contributed by atoms with E-state index in [2.05, 4.69) is 60.7 Å². The Bertz CT molecular complexity index is 2440. The van der Waals surface area contributed by atoms with Crippen LogP contribution in [0.3, 0.4) is 0 Å². The van der Waals surface area contributed by atoms with Gasteiger partial charge in [-0.3, -0.25) is 39.1 Å². The van der Waals surface area contributed by atoms with Crippen LogP contribution in [0.4, 0.5) is 5.69 Å². The number of nitrogens with one attached hydrogen (secondary N) is 1. The van der Waals surface area contributed by atoms with Crippen molar-refractivity contribution in [2.24, 2.45) is 16.7 Å². The van der Waals surface area contributed by atoms with E-state index in [0.29, 0.717) is 45.7 Å². The zero-order valence-corrected chi connectivity index (χ0v) is 34.1. The average Bonchev–Trinajstić information content (AvgIpc) is 3.62. The van der Waals surface area contributed by atoms with Gasteiger partial charge in [0.25, 0.3) is 17.7 Å². The summed E-state index contributed by atoms with van der Waals surface area (Å²) >= 11 is 6.28. The van der Waals surface area contributed by atoms with Crippen molar-refractivity contribution < 1.29 is 28.7 Å². The first kappa shape index (κ1) is 38.7. The molecule has 13 nitrogen and oxygen atoms in total. The van der Waals surface area contributed by atoms with Crippen molar-refractivity contribution in [2.75, 3.05) is 31.1 Å². The van der Waals surface area contributed by atoms with Gasteiger partial charge in [-0.1, -0.05) is 45.2 Å². The van der Waals surface area contributed by atoms with Gasteiger partial charge < -0.3 is 14.5 Å². The lowest BCUT2D eigenvalue weighted by molar-refractivity contribution is -0.199. The van der Waals surface area contributed by atoms with E-state index in [0.717, 1.165) is 55.3 Å². The predicted molar refractivity (Wildman–Crippen MR) is 216 cm³/mol. The van der Waals surface area contributed by atoms with Crippen LogP contribution < -0.4 is 15.0 Å². The quantitative estimate of drug-likeness (QED) is 0.271. The first-order valence-corrected chi connectivity index (χ1v) is 20.6. The van der Waals surface area contributed by atoms with Crippen molar-refractivity contribution in [2.45, 2.75) is 84.2 Å². The second-order valence-electron chi connectivity index (χ2n) is 17.7. The molecule has 6 aliphatic rings. The Labute approximate surface area is 347 Å². The van der Waals surface area contributed by atoms with Crippen molar-refractivity contribution in [3.63, 3.8) is 0 Å². The number of ether oxygens (including phenoxy) is 1. The van der Waals surface area contributed by atoms with E-state index < -0.39 is 29.7 Å². The SMILES string of the molecule is CC1(C)C(Oc2ccc(C#N)c(Cl)c2)C(C)(C)C1N1Cc2nc(C#CC3CCN(C4CN(c5ccc6c(c5)C(=O)N(C5CCC(=O)NC5=O)C6=O)C4)CC3)ccc2C1=O. The van der Waals surface area contributed by atoms with Crippen molar-refractivity contribution in [3.8, 4) is 23.7 Å². The molecule has 14 heteroatoms. The largest absolute Gasteiger partial charge is 0.489 e. The predicted octanol–water partition coefficient (Wildman–Crippen LogP) is 4.80. The molecule has 1 N–H and O–H groups in total. The maximum atomic E-state index is 13.8. The average molecular weight is 814 g/mol. The number of carbonyl (C=O) groups excluding carboxylic acids is 5. The van der Waals surface area contributed by atoms with Crippen molar-refractivity contribution in [1.29, 1.82) is 5.26 Å². The molecule has 0 bridgehead atoms. The van der Waals surface area contributed by atoms with Crippen LogP contribution in [0.1, 0.15) is 101 Å². The third-order valence-electron chi connectivity index (χ3n) is 13.3. The molecule has 3 aromatic rings. The number of nitrogens with zero attached hydrogens (tertiary/aromatic N) is 6. The van der Waals surface area contributed by atoms with Gasteiger partial charge in [0.2, 0.25) is 11.8 Å².